The lowest BCUT2D eigenvalue weighted by Gasteiger charge is -2.29. The van der Waals surface area contributed by atoms with Crippen LogP contribution in [0, 0.1) is 11.2 Å². The maximum Gasteiger partial charge on any atom is 0.123 e. The molecule has 0 spiro atoms. The molecule has 3 N–H and O–H groups in total. The Morgan fingerprint density at radius 2 is 1.80 bits per heavy atom. The van der Waals surface area contributed by atoms with Crippen molar-refractivity contribution in [1.29, 1.82) is 0 Å². The van der Waals surface area contributed by atoms with E-state index in [9.17, 15) is 4.39 Å². The highest BCUT2D eigenvalue weighted by atomic mass is 35.5. The molecule has 0 unspecified atom stereocenters. The maximum atomic E-state index is 12.6. The van der Waals surface area contributed by atoms with Crippen molar-refractivity contribution >= 4 is 12.4 Å². The SMILES string of the molecule is CC(C)(CO)[C@H](N)c1ccc(F)cc1.Cl. The predicted molar refractivity (Wildman–Crippen MR) is 61.4 cm³/mol. The first-order valence-electron chi connectivity index (χ1n) is 4.59. The standard InChI is InChI=1S/C11H16FNO.ClH/c1-11(2,7-14)10(13)8-3-5-9(12)6-4-8;/h3-6,10,14H,7,13H2,1-2H3;1H/t10-;/m1./s1. The van der Waals surface area contributed by atoms with Crippen molar-refractivity contribution in [3.05, 3.63) is 35.6 Å². The Hall–Kier alpha value is -0.640. The van der Waals surface area contributed by atoms with Crippen molar-refractivity contribution in [3.8, 4) is 0 Å². The van der Waals surface area contributed by atoms with Gasteiger partial charge in [-0.1, -0.05) is 26.0 Å². The number of benzene rings is 1. The van der Waals surface area contributed by atoms with E-state index in [2.05, 4.69) is 0 Å². The van der Waals surface area contributed by atoms with Gasteiger partial charge >= 0.3 is 0 Å². The molecule has 0 aliphatic rings. The highest BCUT2D eigenvalue weighted by Crippen LogP contribution is 2.30. The van der Waals surface area contributed by atoms with Crippen LogP contribution in [0.3, 0.4) is 0 Å². The van der Waals surface area contributed by atoms with E-state index in [4.69, 9.17) is 10.8 Å². The molecule has 0 fully saturated rings. The van der Waals surface area contributed by atoms with Gasteiger partial charge in [0.05, 0.1) is 0 Å². The van der Waals surface area contributed by atoms with E-state index in [0.29, 0.717) is 0 Å². The molecular weight excluding hydrogens is 217 g/mol. The Balaban J connectivity index is 0.00000196. The quantitative estimate of drug-likeness (QED) is 0.841. The molecule has 1 aromatic rings. The summed E-state index contributed by atoms with van der Waals surface area (Å²) in [6, 6.07) is 5.77. The largest absolute Gasteiger partial charge is 0.396 e. The van der Waals surface area contributed by atoms with Gasteiger partial charge in [-0.3, -0.25) is 0 Å². The monoisotopic (exact) mass is 233 g/mol. The fourth-order valence-corrected chi connectivity index (χ4v) is 1.22. The van der Waals surface area contributed by atoms with Crippen LogP contribution >= 0.6 is 12.4 Å². The van der Waals surface area contributed by atoms with Crippen LogP contribution in [0.5, 0.6) is 0 Å². The summed E-state index contributed by atoms with van der Waals surface area (Å²) in [7, 11) is 0. The average molecular weight is 234 g/mol. The highest BCUT2D eigenvalue weighted by molar-refractivity contribution is 5.85. The Bertz CT molecular complexity index is 300. The molecule has 86 valence electrons. The molecule has 15 heavy (non-hydrogen) atoms. The lowest BCUT2D eigenvalue weighted by Crippen LogP contribution is -2.32. The van der Waals surface area contributed by atoms with E-state index in [1.807, 2.05) is 13.8 Å². The Labute approximate surface area is 95.7 Å². The van der Waals surface area contributed by atoms with E-state index in [1.165, 1.54) is 12.1 Å². The summed E-state index contributed by atoms with van der Waals surface area (Å²) in [6.45, 7) is 3.76. The summed E-state index contributed by atoms with van der Waals surface area (Å²) in [4.78, 5) is 0. The second kappa shape index (κ2) is 5.45. The molecule has 1 aromatic carbocycles. The summed E-state index contributed by atoms with van der Waals surface area (Å²) in [5.74, 6) is -0.275. The smallest absolute Gasteiger partial charge is 0.123 e. The zero-order valence-corrected chi connectivity index (χ0v) is 9.72. The van der Waals surface area contributed by atoms with E-state index in [-0.39, 0.29) is 30.9 Å². The Kier molecular flexibility index (Phi) is 5.21. The van der Waals surface area contributed by atoms with Crippen molar-refractivity contribution in [3.63, 3.8) is 0 Å². The van der Waals surface area contributed by atoms with Crippen LogP contribution in [0.15, 0.2) is 24.3 Å². The molecule has 0 saturated carbocycles. The maximum absolute atomic E-state index is 12.6. The molecule has 0 aromatic heterocycles. The number of nitrogens with two attached hydrogens (primary N) is 1. The second-order valence-corrected chi connectivity index (χ2v) is 4.18. The minimum atomic E-state index is -0.391. The molecule has 4 heteroatoms. The van der Waals surface area contributed by atoms with Gasteiger partial charge in [-0.2, -0.15) is 0 Å². The van der Waals surface area contributed by atoms with Crippen LogP contribution in [-0.4, -0.2) is 11.7 Å². The lowest BCUT2D eigenvalue weighted by atomic mass is 9.82. The number of hydrogen-bond donors (Lipinski definition) is 2. The second-order valence-electron chi connectivity index (χ2n) is 4.18. The third-order valence-electron chi connectivity index (χ3n) is 2.48. The molecule has 0 bridgehead atoms. The number of rotatable bonds is 3. The Morgan fingerprint density at radius 3 is 2.20 bits per heavy atom. The third kappa shape index (κ3) is 3.45. The van der Waals surface area contributed by atoms with Gasteiger partial charge in [-0.15, -0.1) is 12.4 Å². The Morgan fingerprint density at radius 1 is 1.33 bits per heavy atom. The van der Waals surface area contributed by atoms with Crippen LogP contribution in [-0.2, 0) is 0 Å². The van der Waals surface area contributed by atoms with Gasteiger partial charge in [-0.05, 0) is 17.7 Å². The topological polar surface area (TPSA) is 46.2 Å². The van der Waals surface area contributed by atoms with Gasteiger partial charge in [-0.25, -0.2) is 4.39 Å². The first kappa shape index (κ1) is 14.4. The minimum Gasteiger partial charge on any atom is -0.396 e. The van der Waals surface area contributed by atoms with Gasteiger partial charge in [0, 0.05) is 18.1 Å². The lowest BCUT2D eigenvalue weighted by molar-refractivity contribution is 0.132. The van der Waals surface area contributed by atoms with E-state index in [1.54, 1.807) is 12.1 Å². The number of hydrogen-bond acceptors (Lipinski definition) is 2. The van der Waals surface area contributed by atoms with Crippen molar-refractivity contribution in [2.24, 2.45) is 11.1 Å². The summed E-state index contributed by atoms with van der Waals surface area (Å²) in [6.07, 6.45) is 0. The van der Waals surface area contributed by atoms with Gasteiger partial charge in [0.25, 0.3) is 0 Å². The molecule has 0 aliphatic carbocycles. The van der Waals surface area contributed by atoms with Gasteiger partial charge in [0.15, 0.2) is 0 Å². The number of halogens is 2. The summed E-state index contributed by atoms with van der Waals surface area (Å²) in [5, 5.41) is 9.13. The van der Waals surface area contributed by atoms with Gasteiger partial charge in [0.1, 0.15) is 5.82 Å². The molecule has 1 atom stereocenters. The van der Waals surface area contributed by atoms with Crippen LogP contribution in [0.1, 0.15) is 25.5 Å². The molecule has 0 heterocycles. The van der Waals surface area contributed by atoms with Crippen LogP contribution < -0.4 is 5.73 Å². The molecule has 0 saturated heterocycles. The van der Waals surface area contributed by atoms with Crippen molar-refractivity contribution in [2.75, 3.05) is 6.61 Å². The normalized spacial score (nSPS) is 13.1. The molecule has 0 aliphatic heterocycles. The van der Waals surface area contributed by atoms with Crippen molar-refractivity contribution in [1.82, 2.24) is 0 Å². The molecular formula is C11H17ClFNO. The summed E-state index contributed by atoms with van der Waals surface area (Å²) in [5.41, 5.74) is 6.40. The summed E-state index contributed by atoms with van der Waals surface area (Å²) >= 11 is 0. The predicted octanol–water partition coefficient (Wildman–Crippen LogP) is 2.27. The van der Waals surface area contributed by atoms with E-state index in [0.717, 1.165) is 5.56 Å². The zero-order valence-electron chi connectivity index (χ0n) is 8.90. The van der Waals surface area contributed by atoms with Gasteiger partial charge in [0.2, 0.25) is 0 Å². The highest BCUT2D eigenvalue weighted by Gasteiger charge is 2.26. The average Bonchev–Trinajstić information content (AvgIpc) is 2.18. The van der Waals surface area contributed by atoms with Gasteiger partial charge < -0.3 is 10.8 Å². The van der Waals surface area contributed by atoms with E-state index >= 15 is 0 Å². The minimum absolute atomic E-state index is 0. The first-order valence-corrected chi connectivity index (χ1v) is 4.59. The van der Waals surface area contributed by atoms with E-state index < -0.39 is 5.41 Å². The van der Waals surface area contributed by atoms with Crippen LogP contribution in [0.2, 0.25) is 0 Å². The molecule has 2 nitrogen and oxygen atoms in total. The summed E-state index contributed by atoms with van der Waals surface area (Å²) < 4.78 is 12.6. The van der Waals surface area contributed by atoms with Crippen molar-refractivity contribution in [2.45, 2.75) is 19.9 Å². The molecule has 0 radical (unpaired) electrons. The molecule has 0 amide bonds. The third-order valence-corrected chi connectivity index (χ3v) is 2.48. The van der Waals surface area contributed by atoms with Crippen LogP contribution in [0.4, 0.5) is 4.39 Å². The van der Waals surface area contributed by atoms with Crippen molar-refractivity contribution < 1.29 is 9.50 Å². The fourth-order valence-electron chi connectivity index (χ4n) is 1.22. The number of aliphatic hydroxyl groups excluding tert-OH is 1. The fraction of sp³-hybridized carbons (Fsp3) is 0.455. The van der Waals surface area contributed by atoms with Crippen LogP contribution in [0.25, 0.3) is 0 Å². The molecule has 1 rings (SSSR count). The number of aliphatic hydroxyl groups is 1. The zero-order chi connectivity index (χ0) is 10.8. The first-order chi connectivity index (χ1) is 6.47.